The first-order chi connectivity index (χ1) is 10.3. The van der Waals surface area contributed by atoms with Crippen molar-refractivity contribution in [3.05, 3.63) is 16.7 Å². The van der Waals surface area contributed by atoms with Gasteiger partial charge in [-0.25, -0.2) is 0 Å². The average Bonchev–Trinajstić information content (AvgIpc) is 2.88. The number of anilines is 1. The van der Waals surface area contributed by atoms with Gasteiger partial charge in [-0.2, -0.15) is 0 Å². The van der Waals surface area contributed by atoms with E-state index in [1.54, 1.807) is 0 Å². The molecule has 2 aromatic heterocycles. The van der Waals surface area contributed by atoms with Crippen molar-refractivity contribution >= 4 is 39.5 Å². The van der Waals surface area contributed by atoms with E-state index in [9.17, 15) is 0 Å². The van der Waals surface area contributed by atoms with Gasteiger partial charge in [-0.3, -0.25) is 9.12 Å². The molecule has 3 rings (SSSR count). The minimum absolute atomic E-state index is 0.688. The summed E-state index contributed by atoms with van der Waals surface area (Å²) in [6.45, 7) is 0.791. The summed E-state index contributed by atoms with van der Waals surface area (Å²) >= 11 is 5.07. The largest absolute Gasteiger partial charge is 0.492 e. The van der Waals surface area contributed by atoms with Crippen LogP contribution in [0.5, 0.6) is 5.75 Å². The van der Waals surface area contributed by atoms with Gasteiger partial charge in [0.05, 0.1) is 11.1 Å². The van der Waals surface area contributed by atoms with Gasteiger partial charge in [-0.15, -0.1) is 10.2 Å². The van der Waals surface area contributed by atoms with Gasteiger partial charge in [0.1, 0.15) is 5.75 Å². The Balaban J connectivity index is 1.74. The van der Waals surface area contributed by atoms with Gasteiger partial charge in [-0.1, -0.05) is 31.2 Å². The fourth-order valence-corrected chi connectivity index (χ4v) is 3.48. The van der Waals surface area contributed by atoms with Crippen LogP contribution in [0.1, 0.15) is 32.1 Å². The van der Waals surface area contributed by atoms with E-state index in [1.807, 2.05) is 22.9 Å². The topological polar surface area (TPSA) is 51.5 Å². The van der Waals surface area contributed by atoms with Crippen LogP contribution in [0.4, 0.5) is 5.95 Å². The highest BCUT2D eigenvalue weighted by Crippen LogP contribution is 2.30. The van der Waals surface area contributed by atoms with Crippen molar-refractivity contribution in [1.29, 1.82) is 0 Å². The van der Waals surface area contributed by atoms with Crippen molar-refractivity contribution in [2.45, 2.75) is 32.1 Å². The monoisotopic (exact) mass is 370 g/mol. The van der Waals surface area contributed by atoms with Crippen LogP contribution in [-0.4, -0.2) is 27.5 Å². The third-order valence-electron chi connectivity index (χ3n) is 3.85. The number of pyridine rings is 1. The summed E-state index contributed by atoms with van der Waals surface area (Å²) in [6.07, 6.45) is 10.5. The van der Waals surface area contributed by atoms with Crippen LogP contribution >= 0.6 is 27.9 Å². The Morgan fingerprint density at radius 3 is 2.95 bits per heavy atom. The lowest BCUT2D eigenvalue weighted by atomic mass is 9.90. The second kappa shape index (κ2) is 6.87. The Morgan fingerprint density at radius 2 is 2.19 bits per heavy atom. The second-order valence-corrected chi connectivity index (χ2v) is 6.83. The quantitative estimate of drug-likeness (QED) is 0.801. The zero-order chi connectivity index (χ0) is 14.7. The van der Waals surface area contributed by atoms with Crippen molar-refractivity contribution in [1.82, 2.24) is 14.6 Å². The maximum Gasteiger partial charge on any atom is 0.239 e. The Hall–Kier alpha value is -0.950. The maximum absolute atomic E-state index is 6.00. The summed E-state index contributed by atoms with van der Waals surface area (Å²) in [5, 5.41) is 8.29. The first-order valence-electron chi connectivity index (χ1n) is 7.24. The van der Waals surface area contributed by atoms with Crippen molar-refractivity contribution in [2.75, 3.05) is 17.6 Å². The van der Waals surface area contributed by atoms with Crippen LogP contribution in [0, 0.1) is 5.92 Å². The maximum atomic E-state index is 6.00. The third-order valence-corrected chi connectivity index (χ3v) is 4.84. The summed E-state index contributed by atoms with van der Waals surface area (Å²) in [4.78, 5) is 0. The van der Waals surface area contributed by atoms with E-state index in [0.29, 0.717) is 5.92 Å². The number of rotatable bonds is 5. The number of fused-ring (bicyclic) bond motifs is 1. The van der Waals surface area contributed by atoms with E-state index in [-0.39, 0.29) is 0 Å². The van der Waals surface area contributed by atoms with Gasteiger partial charge in [0.2, 0.25) is 5.95 Å². The smallest absolute Gasteiger partial charge is 0.239 e. The van der Waals surface area contributed by atoms with Gasteiger partial charge >= 0.3 is 0 Å². The Kier molecular flexibility index (Phi) is 4.90. The molecule has 0 amide bonds. The zero-order valence-electron chi connectivity index (χ0n) is 12.0. The van der Waals surface area contributed by atoms with E-state index in [2.05, 4.69) is 30.8 Å². The van der Waals surface area contributed by atoms with Gasteiger partial charge in [0.15, 0.2) is 5.65 Å². The molecule has 21 heavy (non-hydrogen) atoms. The molecule has 0 radical (unpaired) electrons. The molecule has 114 valence electrons. The molecular weight excluding hydrogens is 352 g/mol. The number of ether oxygens (including phenoxy) is 1. The molecule has 0 atom stereocenters. The first-order valence-corrected chi connectivity index (χ1v) is 9.26. The molecule has 0 aromatic carbocycles. The van der Waals surface area contributed by atoms with Crippen LogP contribution in [0.15, 0.2) is 16.7 Å². The molecule has 0 spiro atoms. The van der Waals surface area contributed by atoms with Crippen LogP contribution in [0.2, 0.25) is 0 Å². The molecule has 2 heterocycles. The Bertz CT molecular complexity index is 612. The number of nitrogens with one attached hydrogen (secondary N) is 1. The van der Waals surface area contributed by atoms with Crippen LogP contribution in [0.25, 0.3) is 5.65 Å². The van der Waals surface area contributed by atoms with Crippen molar-refractivity contribution < 1.29 is 4.74 Å². The lowest BCUT2D eigenvalue weighted by molar-refractivity contribution is 0.208. The molecule has 0 bridgehead atoms. The fourth-order valence-electron chi connectivity index (χ4n) is 2.73. The van der Waals surface area contributed by atoms with Gasteiger partial charge in [0, 0.05) is 18.5 Å². The molecule has 1 aliphatic rings. The molecule has 1 N–H and O–H groups in total. The zero-order valence-corrected chi connectivity index (χ0v) is 14.4. The van der Waals surface area contributed by atoms with Crippen LogP contribution < -0.4 is 9.46 Å². The molecule has 7 heteroatoms. The lowest BCUT2D eigenvalue weighted by Crippen LogP contribution is -2.15. The molecular formula is C14H19BrN4OS. The number of nitrogens with zero attached hydrogens (tertiary/aromatic N) is 3. The number of halogens is 1. The second-order valence-electron chi connectivity index (χ2n) is 5.36. The summed E-state index contributed by atoms with van der Waals surface area (Å²) in [6, 6.07) is 1.94. The molecule has 1 fully saturated rings. The summed E-state index contributed by atoms with van der Waals surface area (Å²) in [7, 11) is 0. The molecule has 2 aromatic rings. The van der Waals surface area contributed by atoms with E-state index in [0.717, 1.165) is 28.4 Å². The van der Waals surface area contributed by atoms with Gasteiger partial charge in [-0.05, 0) is 34.7 Å². The molecule has 0 unspecified atom stereocenters. The minimum Gasteiger partial charge on any atom is -0.492 e. The van der Waals surface area contributed by atoms with E-state index < -0.39 is 0 Å². The summed E-state index contributed by atoms with van der Waals surface area (Å²) < 4.78 is 11.9. The molecule has 0 saturated heterocycles. The summed E-state index contributed by atoms with van der Waals surface area (Å²) in [5.41, 5.74) is 0.786. The molecule has 5 nitrogen and oxygen atoms in total. The van der Waals surface area contributed by atoms with E-state index >= 15 is 0 Å². The lowest BCUT2D eigenvalue weighted by Gasteiger charge is -2.22. The fraction of sp³-hybridized carbons (Fsp3) is 0.571. The molecule has 1 aliphatic carbocycles. The molecule has 0 aliphatic heterocycles. The van der Waals surface area contributed by atoms with E-state index in [4.69, 9.17) is 4.74 Å². The summed E-state index contributed by atoms with van der Waals surface area (Å²) in [5.74, 6) is 2.25. The normalized spacial score (nSPS) is 16.3. The van der Waals surface area contributed by atoms with Crippen molar-refractivity contribution in [3.8, 4) is 5.75 Å². The standard InChI is InChI=1S/C14H19BrN4OS/c1-21-18-14-17-16-13-7-12(11(15)8-19(13)14)20-9-10-5-3-2-4-6-10/h7-8,10H,2-6,9H2,1H3,(H,17,18). The van der Waals surface area contributed by atoms with Crippen molar-refractivity contribution in [3.63, 3.8) is 0 Å². The SMILES string of the molecule is CSNc1nnc2cc(OCC3CCCCC3)c(Br)cn12. The Morgan fingerprint density at radius 1 is 1.38 bits per heavy atom. The average molecular weight is 371 g/mol. The minimum atomic E-state index is 0.688. The van der Waals surface area contributed by atoms with Crippen LogP contribution in [0.3, 0.4) is 0 Å². The highest BCUT2D eigenvalue weighted by atomic mass is 79.9. The first kappa shape index (κ1) is 15.0. The van der Waals surface area contributed by atoms with Gasteiger partial charge < -0.3 is 4.74 Å². The predicted molar refractivity (Wildman–Crippen MR) is 89.9 cm³/mol. The Labute approximate surface area is 137 Å². The molecule has 1 saturated carbocycles. The highest BCUT2D eigenvalue weighted by molar-refractivity contribution is 9.10. The van der Waals surface area contributed by atoms with E-state index in [1.165, 1.54) is 44.1 Å². The highest BCUT2D eigenvalue weighted by Gasteiger charge is 2.16. The number of hydrogen-bond acceptors (Lipinski definition) is 5. The van der Waals surface area contributed by atoms with Crippen LogP contribution in [-0.2, 0) is 0 Å². The predicted octanol–water partition coefficient (Wildman–Crippen LogP) is 4.14. The number of aromatic nitrogens is 3. The third kappa shape index (κ3) is 3.45. The van der Waals surface area contributed by atoms with Gasteiger partial charge in [0.25, 0.3) is 0 Å². The number of hydrogen-bond donors (Lipinski definition) is 1. The van der Waals surface area contributed by atoms with Crippen molar-refractivity contribution in [2.24, 2.45) is 5.92 Å².